The Labute approximate surface area is 137 Å². The van der Waals surface area contributed by atoms with Crippen LogP contribution in [-0.2, 0) is 11.3 Å². The highest BCUT2D eigenvalue weighted by atomic mass is 32.2. The molecule has 3 heterocycles. The third-order valence-corrected chi connectivity index (χ3v) is 3.79. The van der Waals surface area contributed by atoms with Crippen LogP contribution in [0.4, 0.5) is 0 Å². The van der Waals surface area contributed by atoms with Crippen molar-refractivity contribution in [3.05, 3.63) is 60.8 Å². The van der Waals surface area contributed by atoms with E-state index in [1.807, 2.05) is 24.3 Å². The predicted octanol–water partition coefficient (Wildman–Crippen LogP) is 2.54. The summed E-state index contributed by atoms with van der Waals surface area (Å²) in [7, 11) is 0. The van der Waals surface area contributed by atoms with E-state index in [-0.39, 0.29) is 11.7 Å². The zero-order valence-electron chi connectivity index (χ0n) is 12.2. The van der Waals surface area contributed by atoms with E-state index in [4.69, 9.17) is 4.42 Å². The number of pyridine rings is 1. The van der Waals surface area contributed by atoms with Crippen LogP contribution in [0.2, 0.25) is 0 Å². The van der Waals surface area contributed by atoms with Crippen molar-refractivity contribution in [3.63, 3.8) is 0 Å². The molecule has 0 aromatic carbocycles. The van der Waals surface area contributed by atoms with E-state index in [0.717, 1.165) is 17.1 Å². The van der Waals surface area contributed by atoms with Crippen LogP contribution >= 0.6 is 11.8 Å². The van der Waals surface area contributed by atoms with Crippen LogP contribution in [0, 0.1) is 0 Å². The van der Waals surface area contributed by atoms with Gasteiger partial charge >= 0.3 is 0 Å². The van der Waals surface area contributed by atoms with Gasteiger partial charge in [-0.05, 0) is 30.3 Å². The topological polar surface area (TPSA) is 80.9 Å². The number of amides is 1. The van der Waals surface area contributed by atoms with Gasteiger partial charge in [-0.15, -0.1) is 0 Å². The van der Waals surface area contributed by atoms with Gasteiger partial charge in [-0.1, -0.05) is 17.8 Å². The lowest BCUT2D eigenvalue weighted by Crippen LogP contribution is -2.24. The number of thioether (sulfide) groups is 1. The third kappa shape index (κ3) is 4.40. The molecule has 6 nitrogen and oxygen atoms in total. The molecule has 0 spiro atoms. The Morgan fingerprint density at radius 3 is 2.83 bits per heavy atom. The van der Waals surface area contributed by atoms with E-state index in [9.17, 15) is 4.79 Å². The molecule has 0 atom stereocenters. The number of rotatable bonds is 6. The molecular formula is C16H14N4O2S. The predicted molar refractivity (Wildman–Crippen MR) is 86.5 cm³/mol. The summed E-state index contributed by atoms with van der Waals surface area (Å²) in [5.41, 5.74) is 1.51. The number of carbonyl (C=O) groups excluding carboxylic acids is 1. The van der Waals surface area contributed by atoms with Gasteiger partial charge in [0.25, 0.3) is 0 Å². The summed E-state index contributed by atoms with van der Waals surface area (Å²) in [6, 6.07) is 11.0. The number of hydrogen-bond acceptors (Lipinski definition) is 6. The number of aromatic nitrogens is 3. The molecule has 23 heavy (non-hydrogen) atoms. The van der Waals surface area contributed by atoms with Crippen LogP contribution in [0.15, 0.2) is 64.6 Å². The van der Waals surface area contributed by atoms with Crippen molar-refractivity contribution < 1.29 is 9.21 Å². The molecule has 0 radical (unpaired) electrons. The third-order valence-electron chi connectivity index (χ3n) is 2.93. The van der Waals surface area contributed by atoms with Crippen molar-refractivity contribution >= 4 is 17.7 Å². The molecule has 0 aliphatic carbocycles. The molecule has 3 aromatic heterocycles. The molecule has 116 valence electrons. The Bertz CT molecular complexity index is 763. The fourth-order valence-corrected chi connectivity index (χ4v) is 2.51. The van der Waals surface area contributed by atoms with Gasteiger partial charge in [-0.25, -0.2) is 9.97 Å². The molecule has 1 amide bonds. The van der Waals surface area contributed by atoms with Crippen molar-refractivity contribution in [2.24, 2.45) is 0 Å². The van der Waals surface area contributed by atoms with E-state index < -0.39 is 0 Å². The van der Waals surface area contributed by atoms with Gasteiger partial charge in [0, 0.05) is 12.4 Å². The summed E-state index contributed by atoms with van der Waals surface area (Å²) in [4.78, 5) is 24.7. The van der Waals surface area contributed by atoms with Gasteiger partial charge in [-0.3, -0.25) is 9.78 Å². The summed E-state index contributed by atoms with van der Waals surface area (Å²) >= 11 is 1.28. The van der Waals surface area contributed by atoms with Crippen LogP contribution in [0.1, 0.15) is 5.76 Å². The Morgan fingerprint density at radius 2 is 2.04 bits per heavy atom. The lowest BCUT2D eigenvalue weighted by molar-refractivity contribution is -0.118. The molecule has 0 unspecified atom stereocenters. The second-order valence-corrected chi connectivity index (χ2v) is 5.53. The first-order chi connectivity index (χ1) is 11.3. The van der Waals surface area contributed by atoms with Gasteiger partial charge in [0.2, 0.25) is 5.91 Å². The molecule has 3 rings (SSSR count). The maximum absolute atomic E-state index is 11.8. The monoisotopic (exact) mass is 326 g/mol. The highest BCUT2D eigenvalue weighted by molar-refractivity contribution is 7.99. The van der Waals surface area contributed by atoms with Crippen LogP contribution in [-0.4, -0.2) is 26.6 Å². The minimum atomic E-state index is -0.0989. The van der Waals surface area contributed by atoms with Gasteiger partial charge in [0.05, 0.1) is 29.9 Å². The first-order valence-corrected chi connectivity index (χ1v) is 7.96. The van der Waals surface area contributed by atoms with Crippen LogP contribution in [0.5, 0.6) is 0 Å². The van der Waals surface area contributed by atoms with E-state index in [2.05, 4.69) is 20.3 Å². The molecule has 7 heteroatoms. The smallest absolute Gasteiger partial charge is 0.230 e. The minimum Gasteiger partial charge on any atom is -0.467 e. The molecule has 0 saturated heterocycles. The highest BCUT2D eigenvalue weighted by Gasteiger charge is 2.07. The van der Waals surface area contributed by atoms with Crippen molar-refractivity contribution in [1.29, 1.82) is 0 Å². The molecule has 1 N–H and O–H groups in total. The molecule has 0 aliphatic rings. The first kappa shape index (κ1) is 15.2. The molecular weight excluding hydrogens is 312 g/mol. The van der Waals surface area contributed by atoms with Crippen LogP contribution in [0.3, 0.4) is 0 Å². The summed E-state index contributed by atoms with van der Waals surface area (Å²) < 4.78 is 5.16. The zero-order chi connectivity index (χ0) is 15.9. The van der Waals surface area contributed by atoms with Crippen molar-refractivity contribution in [3.8, 4) is 11.4 Å². The standard InChI is InChI=1S/C16H14N4O2S/c21-15(19-10-12-4-3-9-22-12)11-23-16-18-8-6-14(20-16)13-5-1-2-7-17-13/h1-9H,10-11H2,(H,19,21). The largest absolute Gasteiger partial charge is 0.467 e. The normalized spacial score (nSPS) is 10.4. The summed E-state index contributed by atoms with van der Waals surface area (Å²) in [5, 5.41) is 3.32. The number of nitrogens with one attached hydrogen (secondary N) is 1. The van der Waals surface area contributed by atoms with Crippen LogP contribution in [0.25, 0.3) is 11.4 Å². The number of nitrogens with zero attached hydrogens (tertiary/aromatic N) is 3. The quantitative estimate of drug-likeness (QED) is 0.554. The lowest BCUT2D eigenvalue weighted by atomic mass is 10.3. The maximum Gasteiger partial charge on any atom is 0.230 e. The van der Waals surface area contributed by atoms with Crippen LogP contribution < -0.4 is 5.32 Å². The Balaban J connectivity index is 1.55. The molecule has 3 aromatic rings. The Morgan fingerprint density at radius 1 is 1.09 bits per heavy atom. The number of hydrogen-bond donors (Lipinski definition) is 1. The Hall–Kier alpha value is -2.67. The second kappa shape index (κ2) is 7.55. The molecule has 0 aliphatic heterocycles. The molecule has 0 fully saturated rings. The van der Waals surface area contributed by atoms with Gasteiger partial charge in [-0.2, -0.15) is 0 Å². The van der Waals surface area contributed by atoms with Gasteiger partial charge < -0.3 is 9.73 Å². The fraction of sp³-hybridized carbons (Fsp3) is 0.125. The number of carbonyl (C=O) groups is 1. The summed E-state index contributed by atoms with van der Waals surface area (Å²) in [5.74, 6) is 0.863. The molecule has 0 saturated carbocycles. The van der Waals surface area contributed by atoms with E-state index in [1.54, 1.807) is 30.8 Å². The summed E-state index contributed by atoms with van der Waals surface area (Å²) in [6.45, 7) is 0.376. The van der Waals surface area contributed by atoms with Gasteiger partial charge in [0.15, 0.2) is 5.16 Å². The Kier molecular flexibility index (Phi) is 5.00. The lowest BCUT2D eigenvalue weighted by Gasteiger charge is -2.04. The van der Waals surface area contributed by atoms with E-state index in [1.165, 1.54) is 11.8 Å². The van der Waals surface area contributed by atoms with Crippen molar-refractivity contribution in [2.45, 2.75) is 11.7 Å². The maximum atomic E-state index is 11.8. The minimum absolute atomic E-state index is 0.0989. The summed E-state index contributed by atoms with van der Waals surface area (Å²) in [6.07, 6.45) is 4.96. The van der Waals surface area contributed by atoms with Crippen molar-refractivity contribution in [1.82, 2.24) is 20.3 Å². The highest BCUT2D eigenvalue weighted by Crippen LogP contribution is 2.18. The average molecular weight is 326 g/mol. The van der Waals surface area contributed by atoms with Gasteiger partial charge in [0.1, 0.15) is 5.76 Å². The fourth-order valence-electron chi connectivity index (χ4n) is 1.85. The zero-order valence-corrected chi connectivity index (χ0v) is 13.0. The van der Waals surface area contributed by atoms with E-state index in [0.29, 0.717) is 11.7 Å². The van der Waals surface area contributed by atoms with Crippen molar-refractivity contribution in [2.75, 3.05) is 5.75 Å². The second-order valence-electron chi connectivity index (χ2n) is 4.58. The first-order valence-electron chi connectivity index (χ1n) is 6.97. The SMILES string of the molecule is O=C(CSc1nccc(-c2ccccn2)n1)NCc1ccco1. The average Bonchev–Trinajstić information content (AvgIpc) is 3.13. The number of furan rings is 1. The molecule has 0 bridgehead atoms. The van der Waals surface area contributed by atoms with E-state index >= 15 is 0 Å².